The molecule has 1 aliphatic rings. The van der Waals surface area contributed by atoms with Gasteiger partial charge >= 0.3 is 0 Å². The smallest absolute Gasteiger partial charge is 0.264 e. The second-order valence-corrected chi connectivity index (χ2v) is 9.16. The zero-order valence-electron chi connectivity index (χ0n) is 19.1. The Balaban J connectivity index is 1.25. The zero-order valence-corrected chi connectivity index (χ0v) is 19.9. The van der Waals surface area contributed by atoms with Gasteiger partial charge in [-0.15, -0.1) is 0 Å². The van der Waals surface area contributed by atoms with E-state index in [1.165, 1.54) is 21.8 Å². The van der Waals surface area contributed by atoms with Gasteiger partial charge in [-0.25, -0.2) is 4.98 Å². The number of carbonyl (C=O) groups is 1. The molecule has 4 aromatic rings. The third-order valence-corrected chi connectivity index (χ3v) is 6.63. The molecule has 0 unspecified atom stereocenters. The Morgan fingerprint density at radius 2 is 1.89 bits per heavy atom. The number of nitrogens with zero attached hydrogens (tertiary/aromatic N) is 5. The highest BCUT2D eigenvalue weighted by Gasteiger charge is 2.35. The molecule has 1 saturated heterocycles. The van der Waals surface area contributed by atoms with Crippen molar-refractivity contribution in [2.75, 3.05) is 13.1 Å². The van der Waals surface area contributed by atoms with Crippen LogP contribution in [-0.2, 0) is 13.6 Å². The number of piperidine rings is 1. The molecule has 0 atom stereocenters. The molecule has 0 bridgehead atoms. The summed E-state index contributed by atoms with van der Waals surface area (Å²) in [4.78, 5) is 31.8. The minimum absolute atomic E-state index is 0.0952. The molecule has 5 rings (SSSR count). The van der Waals surface area contributed by atoms with Crippen molar-refractivity contribution < 1.29 is 14.6 Å². The fraction of sp³-hybridized carbons (Fsp3) is 0.280. The first-order valence-corrected chi connectivity index (χ1v) is 11.6. The Labute approximate surface area is 206 Å². The molecule has 2 aromatic carbocycles. The van der Waals surface area contributed by atoms with Crippen molar-refractivity contribution in [1.82, 2.24) is 24.2 Å². The fourth-order valence-electron chi connectivity index (χ4n) is 4.31. The molecule has 0 radical (unpaired) electrons. The molecule has 0 saturated carbocycles. The molecule has 3 heterocycles. The van der Waals surface area contributed by atoms with Crippen molar-refractivity contribution in [3.63, 3.8) is 0 Å². The number of carbonyl (C=O) groups excluding carboxylic acids is 1. The summed E-state index contributed by atoms with van der Waals surface area (Å²) in [6.45, 7) is 0.772. The van der Waals surface area contributed by atoms with Crippen LogP contribution in [-0.4, -0.2) is 53.9 Å². The summed E-state index contributed by atoms with van der Waals surface area (Å²) >= 11 is 6.41. The summed E-state index contributed by atoms with van der Waals surface area (Å²) in [6, 6.07) is 14.3. The van der Waals surface area contributed by atoms with E-state index in [1.54, 1.807) is 30.1 Å². The van der Waals surface area contributed by atoms with Gasteiger partial charge in [-0.1, -0.05) is 29.8 Å². The van der Waals surface area contributed by atoms with Gasteiger partial charge in [0.15, 0.2) is 5.65 Å². The van der Waals surface area contributed by atoms with E-state index in [9.17, 15) is 14.7 Å². The second kappa shape index (κ2) is 9.16. The van der Waals surface area contributed by atoms with Crippen molar-refractivity contribution in [3.05, 3.63) is 82.0 Å². The molecule has 1 amide bonds. The number of fused-ring (bicyclic) bond motifs is 1. The number of ether oxygens (including phenoxy) is 1. The molecule has 10 heteroatoms. The fourth-order valence-corrected chi connectivity index (χ4v) is 4.56. The minimum Gasteiger partial charge on any atom is -0.457 e. The first-order valence-electron chi connectivity index (χ1n) is 11.2. The van der Waals surface area contributed by atoms with Crippen molar-refractivity contribution in [3.8, 4) is 11.5 Å². The molecule has 2 aromatic heterocycles. The van der Waals surface area contributed by atoms with Crippen LogP contribution in [0.15, 0.2) is 65.8 Å². The highest BCUT2D eigenvalue weighted by molar-refractivity contribution is 6.34. The first-order chi connectivity index (χ1) is 16.8. The van der Waals surface area contributed by atoms with Gasteiger partial charge < -0.3 is 14.7 Å². The number of amides is 1. The number of aliphatic hydroxyl groups is 1. The summed E-state index contributed by atoms with van der Waals surface area (Å²) in [5.41, 5.74) is -0.509. The summed E-state index contributed by atoms with van der Waals surface area (Å²) in [7, 11) is 1.72. The van der Waals surface area contributed by atoms with Gasteiger partial charge in [0.1, 0.15) is 23.2 Å². The predicted octanol–water partition coefficient (Wildman–Crippen LogP) is 3.24. The topological polar surface area (TPSA) is 102 Å². The standard InChI is InChI=1S/C25H24ClN5O4/c1-29-22-20(14-28-29)24(33)31(16-27-22)15-25(34)9-11-30(12-10-25)23(32)19-8-7-18(13-21(19)26)35-17-5-3-2-4-6-17/h2-8,13-14,16,34H,9-12,15H2,1H3. The lowest BCUT2D eigenvalue weighted by molar-refractivity contribution is -0.0299. The molecule has 1 fully saturated rings. The Morgan fingerprint density at radius 3 is 2.60 bits per heavy atom. The SMILES string of the molecule is Cn1ncc2c(=O)n(CC3(O)CCN(C(=O)c4ccc(Oc5ccccc5)cc4Cl)CC3)cnc21. The average molecular weight is 494 g/mol. The van der Waals surface area contributed by atoms with E-state index in [1.807, 2.05) is 30.3 Å². The van der Waals surface area contributed by atoms with Gasteiger partial charge in [-0.3, -0.25) is 18.8 Å². The Bertz CT molecular complexity index is 1440. The van der Waals surface area contributed by atoms with Crippen LogP contribution in [0.1, 0.15) is 23.2 Å². The van der Waals surface area contributed by atoms with Crippen LogP contribution in [0.3, 0.4) is 0 Å². The highest BCUT2D eigenvalue weighted by atomic mass is 35.5. The zero-order chi connectivity index (χ0) is 24.6. The van der Waals surface area contributed by atoms with Crippen LogP contribution in [0.4, 0.5) is 0 Å². The van der Waals surface area contributed by atoms with Crippen molar-refractivity contribution >= 4 is 28.5 Å². The van der Waals surface area contributed by atoms with Crippen LogP contribution >= 0.6 is 11.6 Å². The van der Waals surface area contributed by atoms with Gasteiger partial charge in [0.05, 0.1) is 28.9 Å². The molecular weight excluding hydrogens is 470 g/mol. The maximum absolute atomic E-state index is 13.1. The van der Waals surface area contributed by atoms with Gasteiger partial charge in [-0.2, -0.15) is 5.10 Å². The number of benzene rings is 2. The number of hydrogen-bond donors (Lipinski definition) is 1. The molecule has 180 valence electrons. The van der Waals surface area contributed by atoms with Crippen LogP contribution in [0.2, 0.25) is 5.02 Å². The highest BCUT2D eigenvalue weighted by Crippen LogP contribution is 2.30. The van der Waals surface area contributed by atoms with Crippen LogP contribution in [0.5, 0.6) is 11.5 Å². The van der Waals surface area contributed by atoms with Crippen LogP contribution in [0.25, 0.3) is 11.0 Å². The largest absolute Gasteiger partial charge is 0.457 e. The van der Waals surface area contributed by atoms with Gasteiger partial charge in [0.2, 0.25) is 0 Å². The van der Waals surface area contributed by atoms with E-state index in [-0.39, 0.29) is 18.0 Å². The molecule has 1 N–H and O–H groups in total. The van der Waals surface area contributed by atoms with E-state index in [4.69, 9.17) is 16.3 Å². The van der Waals surface area contributed by atoms with E-state index in [0.717, 1.165) is 0 Å². The summed E-state index contributed by atoms with van der Waals surface area (Å²) < 4.78 is 8.72. The molecular formula is C25H24ClN5O4. The number of rotatable bonds is 5. The lowest BCUT2D eigenvalue weighted by Gasteiger charge is -2.38. The van der Waals surface area contributed by atoms with Crippen molar-refractivity contribution in [2.45, 2.75) is 25.0 Å². The van der Waals surface area contributed by atoms with Gasteiger partial charge in [0, 0.05) is 26.2 Å². The Morgan fingerprint density at radius 1 is 1.14 bits per heavy atom. The lowest BCUT2D eigenvalue weighted by Crippen LogP contribution is -2.49. The van der Waals surface area contributed by atoms with E-state index < -0.39 is 5.60 Å². The number of aromatic nitrogens is 4. The molecule has 35 heavy (non-hydrogen) atoms. The number of aryl methyl sites for hydroxylation is 1. The van der Waals surface area contributed by atoms with Crippen LogP contribution in [0, 0.1) is 0 Å². The number of halogens is 1. The maximum atomic E-state index is 13.1. The molecule has 1 aliphatic heterocycles. The van der Waals surface area contributed by atoms with Crippen molar-refractivity contribution in [2.24, 2.45) is 7.05 Å². The number of para-hydroxylation sites is 1. The summed E-state index contributed by atoms with van der Waals surface area (Å²) in [5, 5.41) is 15.9. The molecule has 9 nitrogen and oxygen atoms in total. The monoisotopic (exact) mass is 493 g/mol. The molecule has 0 spiro atoms. The maximum Gasteiger partial charge on any atom is 0.264 e. The predicted molar refractivity (Wildman–Crippen MR) is 131 cm³/mol. The van der Waals surface area contributed by atoms with Crippen LogP contribution < -0.4 is 10.3 Å². The second-order valence-electron chi connectivity index (χ2n) is 8.76. The minimum atomic E-state index is -1.13. The third kappa shape index (κ3) is 4.65. The Hall–Kier alpha value is -3.69. The quantitative estimate of drug-likeness (QED) is 0.458. The molecule has 0 aliphatic carbocycles. The van der Waals surface area contributed by atoms with Gasteiger partial charge in [0.25, 0.3) is 11.5 Å². The number of hydrogen-bond acceptors (Lipinski definition) is 6. The third-order valence-electron chi connectivity index (χ3n) is 6.31. The number of likely N-dealkylation sites (tertiary alicyclic amines) is 1. The average Bonchev–Trinajstić information content (AvgIpc) is 3.23. The van der Waals surface area contributed by atoms with Gasteiger partial charge in [-0.05, 0) is 37.1 Å². The summed E-state index contributed by atoms with van der Waals surface area (Å²) in [6.07, 6.45) is 3.55. The van der Waals surface area contributed by atoms with Crippen molar-refractivity contribution in [1.29, 1.82) is 0 Å². The van der Waals surface area contributed by atoms with E-state index >= 15 is 0 Å². The lowest BCUT2D eigenvalue weighted by atomic mass is 9.91. The first kappa shape index (κ1) is 23.1. The Kier molecular flexibility index (Phi) is 6.04. The van der Waals surface area contributed by atoms with E-state index in [0.29, 0.717) is 59.0 Å². The van der Waals surface area contributed by atoms with E-state index in [2.05, 4.69) is 10.1 Å². The summed E-state index contributed by atoms with van der Waals surface area (Å²) in [5.74, 6) is 1.00. The normalized spacial score (nSPS) is 15.3.